The second kappa shape index (κ2) is 45.0. The molecule has 38 nitrogen and oxygen atoms in total. The van der Waals surface area contributed by atoms with Crippen LogP contribution >= 0.6 is 12.6 Å². The van der Waals surface area contributed by atoms with Crippen LogP contribution in [0.2, 0.25) is 0 Å². The van der Waals surface area contributed by atoms with E-state index in [1.54, 1.807) is 58.2 Å². The smallest absolute Gasteiger partial charge is 0.326 e. The van der Waals surface area contributed by atoms with Gasteiger partial charge in [0.15, 0.2) is 11.9 Å². The van der Waals surface area contributed by atoms with E-state index in [1.165, 1.54) is 43.0 Å². The highest BCUT2D eigenvalue weighted by Crippen LogP contribution is 2.23. The molecule has 27 N–H and O–H groups in total. The zero-order valence-corrected chi connectivity index (χ0v) is 62.4. The molecule has 2 aromatic carbocycles. The van der Waals surface area contributed by atoms with Gasteiger partial charge in [0.05, 0.1) is 19.0 Å². The Morgan fingerprint density at radius 1 is 0.583 bits per heavy atom. The number of guanidine groups is 2. The number of phenols is 1. The summed E-state index contributed by atoms with van der Waals surface area (Å²) < 4.78 is 0. The van der Waals surface area contributed by atoms with E-state index in [-0.39, 0.29) is 100 Å². The molecule has 1 fully saturated rings. The fraction of sp³-hybridized carbons (Fsp3) is 0.565. The highest BCUT2D eigenvalue weighted by molar-refractivity contribution is 7.80. The SMILES string of the molecule is CC(C)C[C@H](NC(=O)CNC(=O)[C@@H]1CCCN1C(=O)[C@@H](NC(=O)[C@H](C)NC(=O)[C@H](C)NC(=O)[C@H](CCCN=C(N)N)NC(=O)[C@H](CCCN=C(N)N)NC(=O)[C@H](Cc1ccc(O)cc1)NC(=O)[C@H](CC(=O)O)NC(=O)[C@H](Cc1c[nH]c2ccccc12)NC(=O)[C@H](CS)NC(=O)[C@@H](N)CCCCN)C(C)C)C(=O)O. The number of aromatic hydroxyl groups is 1. The molecule has 3 aromatic rings. The molecule has 0 saturated carbocycles. The molecule has 1 aromatic heterocycles. The number of aliphatic imine (C=N–C) groups is 2. The number of carbonyl (C=O) groups is 14. The Balaban J connectivity index is 1.58. The maximum absolute atomic E-state index is 14.9. The summed E-state index contributed by atoms with van der Waals surface area (Å²) in [5.74, 6) is -15.3. The Morgan fingerprint density at radius 3 is 1.64 bits per heavy atom. The Kier molecular flexibility index (Phi) is 37.3. The number of nitrogens with zero attached hydrogens (tertiary/aromatic N) is 3. The molecular formula is C69H107N21O17S. The summed E-state index contributed by atoms with van der Waals surface area (Å²) >= 11 is 4.27. The van der Waals surface area contributed by atoms with Crippen LogP contribution in [0.5, 0.6) is 5.75 Å². The zero-order chi connectivity index (χ0) is 80.5. The van der Waals surface area contributed by atoms with Crippen molar-refractivity contribution < 1.29 is 82.4 Å². The lowest BCUT2D eigenvalue weighted by atomic mass is 10.0. The molecule has 0 aliphatic carbocycles. The fourth-order valence-corrected chi connectivity index (χ4v) is 11.7. The van der Waals surface area contributed by atoms with E-state index in [9.17, 15) is 82.4 Å². The number of aromatic nitrogens is 1. The maximum Gasteiger partial charge on any atom is 0.326 e. The molecule has 39 heteroatoms. The minimum absolute atomic E-state index is 0.0102. The molecule has 0 radical (unpaired) electrons. The second-order valence-corrected chi connectivity index (χ2v) is 27.4. The topological polar surface area (TPSA) is 632 Å². The Labute approximate surface area is 630 Å². The van der Waals surface area contributed by atoms with E-state index >= 15 is 0 Å². The molecule has 0 bridgehead atoms. The predicted octanol–water partition coefficient (Wildman–Crippen LogP) is -4.59. The molecule has 1 aliphatic heterocycles. The second-order valence-electron chi connectivity index (χ2n) is 27.1. The van der Waals surface area contributed by atoms with Gasteiger partial charge in [0.2, 0.25) is 70.9 Å². The lowest BCUT2D eigenvalue weighted by Gasteiger charge is -2.31. The van der Waals surface area contributed by atoms with Crippen molar-refractivity contribution in [1.82, 2.24) is 68.4 Å². The van der Waals surface area contributed by atoms with E-state index in [4.69, 9.17) is 34.4 Å². The molecule has 2 heterocycles. The number of carboxylic acid groups (broad SMARTS) is 2. The normalized spacial score (nSPS) is 15.6. The van der Waals surface area contributed by atoms with E-state index in [0.29, 0.717) is 47.8 Å². The quantitative estimate of drug-likeness (QED) is 0.0110. The number of nitrogens with one attached hydrogen (secondary N) is 12. The number of nitrogens with two attached hydrogens (primary N) is 6. The average Bonchev–Trinajstić information content (AvgIpc) is 1.62. The number of para-hydroxylation sites is 1. The Morgan fingerprint density at radius 2 is 1.09 bits per heavy atom. The van der Waals surface area contributed by atoms with Crippen molar-refractivity contribution in [3.63, 3.8) is 0 Å². The van der Waals surface area contributed by atoms with Crippen LogP contribution in [0.15, 0.2) is 64.7 Å². The lowest BCUT2D eigenvalue weighted by Crippen LogP contribution is -2.61. The molecular weight excluding hydrogens is 1430 g/mol. The average molecular weight is 1530 g/mol. The summed E-state index contributed by atoms with van der Waals surface area (Å²) in [4.78, 5) is 205. The van der Waals surface area contributed by atoms with Crippen LogP contribution < -0.4 is 92.9 Å². The van der Waals surface area contributed by atoms with Crippen molar-refractivity contribution in [1.29, 1.82) is 0 Å². The first-order valence-electron chi connectivity index (χ1n) is 35.6. The standard InChI is InChI=1S/C69H107N21O17S/c1-35(2)28-50(67(106)107)82-53(92)33-79-65(104)52-19-13-27-90(52)66(105)55(36(3)4)89-57(96)38(6)80-56(95)37(5)81-59(98)45(17-11-25-76-68(72)73)83-60(99)46(18-12-26-77-69(74)75)84-61(100)47(29-39-20-22-41(91)23-21-39)85-63(102)49(31-54(93)94)87-62(101)48(30-40-32-78-44-16-8-7-14-42(40)44)86-64(103)51(34-108)88-58(97)43(71)15-9-10-24-70/h7-8,14,16,20-23,32,35-38,43,45-52,55,78,91,108H,9-13,15,17-19,24-31,33-34,70-71H2,1-6H3,(H,79,104)(H,80,95)(H,81,98)(H,82,92)(H,83,99)(H,84,100)(H,85,102)(H,86,103)(H,87,101)(H,88,97)(H,89,96)(H,93,94)(H,106,107)(H4,72,73,76)(H4,74,75,77)/t37-,38-,43-,45-,46-,47-,48-,49-,50-,51-,52-,55-/m0/s1. The highest BCUT2D eigenvalue weighted by atomic mass is 32.1. The molecule has 12 atom stereocenters. The third-order valence-corrected chi connectivity index (χ3v) is 17.7. The number of benzene rings is 2. The number of aliphatic carboxylic acids is 2. The summed E-state index contributed by atoms with van der Waals surface area (Å²) in [6.07, 6.45) is 1.50. The molecule has 12 amide bonds. The number of carboxylic acids is 2. The zero-order valence-electron chi connectivity index (χ0n) is 61.5. The van der Waals surface area contributed by atoms with Gasteiger partial charge in [-0.25, -0.2) is 4.79 Å². The molecule has 108 heavy (non-hydrogen) atoms. The van der Waals surface area contributed by atoms with Crippen molar-refractivity contribution in [3.8, 4) is 5.75 Å². The number of amides is 12. The summed E-state index contributed by atoms with van der Waals surface area (Å²) in [6, 6.07) is -4.70. The van der Waals surface area contributed by atoms with Gasteiger partial charge in [0, 0.05) is 55.3 Å². The predicted molar refractivity (Wildman–Crippen MR) is 401 cm³/mol. The number of carbonyl (C=O) groups excluding carboxylic acids is 12. The number of unbranched alkanes of at least 4 members (excludes halogenated alkanes) is 1. The summed E-state index contributed by atoms with van der Waals surface area (Å²) in [5, 5.41) is 58.3. The van der Waals surface area contributed by atoms with Crippen molar-refractivity contribution in [2.75, 3.05) is 38.5 Å². The van der Waals surface area contributed by atoms with Gasteiger partial charge in [-0.15, -0.1) is 0 Å². The van der Waals surface area contributed by atoms with Crippen LogP contribution in [-0.2, 0) is 80.0 Å². The van der Waals surface area contributed by atoms with Crippen LogP contribution in [0, 0.1) is 11.8 Å². The number of thiol groups is 1. The highest BCUT2D eigenvalue weighted by Gasteiger charge is 2.41. The Bertz CT molecular complexity index is 3660. The number of aromatic amines is 1. The molecule has 596 valence electrons. The lowest BCUT2D eigenvalue weighted by molar-refractivity contribution is -0.143. The van der Waals surface area contributed by atoms with E-state index in [2.05, 4.69) is 86.1 Å². The number of hydrogen-bond donors (Lipinski definition) is 22. The maximum atomic E-state index is 14.9. The molecule has 4 rings (SSSR count). The minimum Gasteiger partial charge on any atom is -0.508 e. The number of fused-ring (bicyclic) bond motifs is 1. The van der Waals surface area contributed by atoms with Crippen molar-refractivity contribution >= 4 is 118 Å². The number of phenolic OH excluding ortho intramolecular Hbond substituents is 1. The van der Waals surface area contributed by atoms with Crippen molar-refractivity contribution in [3.05, 3.63) is 65.9 Å². The van der Waals surface area contributed by atoms with Gasteiger partial charge in [-0.1, -0.05) is 64.4 Å². The van der Waals surface area contributed by atoms with Crippen molar-refractivity contribution in [2.24, 2.45) is 56.2 Å². The summed E-state index contributed by atoms with van der Waals surface area (Å²) in [7, 11) is 0. The number of hydrogen-bond acceptors (Lipinski definition) is 20. The fourth-order valence-electron chi connectivity index (χ4n) is 11.5. The minimum atomic E-state index is -1.99. The van der Waals surface area contributed by atoms with E-state index in [1.807, 2.05) is 0 Å². The first-order chi connectivity index (χ1) is 51.0. The van der Waals surface area contributed by atoms with Crippen LogP contribution in [0.1, 0.15) is 123 Å². The first-order valence-corrected chi connectivity index (χ1v) is 36.2. The van der Waals surface area contributed by atoms with Crippen molar-refractivity contribution in [2.45, 2.75) is 198 Å². The van der Waals surface area contributed by atoms with Crippen LogP contribution in [-0.4, -0.2) is 231 Å². The largest absolute Gasteiger partial charge is 0.508 e. The summed E-state index contributed by atoms with van der Waals surface area (Å²) in [6.45, 7) is 9.19. The number of rotatable bonds is 46. The molecule has 0 spiro atoms. The van der Waals surface area contributed by atoms with Crippen LogP contribution in [0.4, 0.5) is 0 Å². The van der Waals surface area contributed by atoms with Gasteiger partial charge in [-0.05, 0) is 119 Å². The number of likely N-dealkylation sites (tertiary alicyclic amines) is 1. The van der Waals surface area contributed by atoms with Gasteiger partial charge in [0.25, 0.3) is 0 Å². The van der Waals surface area contributed by atoms with Crippen LogP contribution in [0.25, 0.3) is 10.9 Å². The molecule has 1 saturated heterocycles. The van der Waals surface area contributed by atoms with Gasteiger partial charge in [0.1, 0.15) is 72.2 Å². The third-order valence-electron chi connectivity index (χ3n) is 17.4. The molecule has 0 unspecified atom stereocenters. The van der Waals surface area contributed by atoms with Gasteiger partial charge >= 0.3 is 11.9 Å². The van der Waals surface area contributed by atoms with E-state index < -0.39 is 181 Å². The van der Waals surface area contributed by atoms with Gasteiger partial charge in [-0.3, -0.25) is 72.3 Å². The van der Waals surface area contributed by atoms with Gasteiger partial charge < -0.3 is 118 Å². The number of H-pyrrole nitrogens is 1. The third kappa shape index (κ3) is 30.2. The Hall–Kier alpha value is -10.8. The monoisotopic (exact) mass is 1530 g/mol. The molecule has 1 aliphatic rings. The van der Waals surface area contributed by atoms with Gasteiger partial charge in [-0.2, -0.15) is 12.6 Å². The summed E-state index contributed by atoms with van der Waals surface area (Å²) in [5.41, 5.74) is 35.5. The van der Waals surface area contributed by atoms with E-state index in [0.717, 1.165) is 0 Å². The first kappa shape index (κ1) is 89.6. The van der Waals surface area contributed by atoms with Crippen LogP contribution in [0.3, 0.4) is 0 Å².